The van der Waals surface area contributed by atoms with Gasteiger partial charge in [-0.1, -0.05) is 0 Å². The molecule has 0 unspecified atom stereocenters. The first kappa shape index (κ1) is 7.77. The van der Waals surface area contributed by atoms with E-state index in [9.17, 15) is 17.2 Å². The molecule has 50 valence electrons. The minimum absolute atomic E-state index is 0.225. The van der Waals surface area contributed by atoms with Gasteiger partial charge in [0.2, 0.25) is 0 Å². The molecule has 0 saturated carbocycles. The summed E-state index contributed by atoms with van der Waals surface area (Å²) in [6.07, 6.45) is 0. The molecular weight excluding hydrogens is 140 g/mol. The largest absolute Gasteiger partial charge is 0.356 e. The Morgan fingerprint density at radius 3 is 1.62 bits per heavy atom. The zero-order chi connectivity index (χ0) is 7.00. The Kier molecular flexibility index (Phi) is 1.58. The van der Waals surface area contributed by atoms with Crippen LogP contribution in [0.15, 0.2) is 0 Å². The maximum absolute atomic E-state index is 11.5. The Labute approximate surface area is 45.5 Å². The van der Waals surface area contributed by atoms with Gasteiger partial charge in [-0.15, -0.1) is 0 Å². The van der Waals surface area contributed by atoms with E-state index in [1.165, 1.54) is 0 Å². The first-order chi connectivity index (χ1) is 3.25. The van der Waals surface area contributed by atoms with Gasteiger partial charge in [-0.3, -0.25) is 0 Å². The summed E-state index contributed by atoms with van der Waals surface area (Å²) in [7, 11) is -4.67. The first-order valence-corrected chi connectivity index (χ1v) is 3.20. The fourth-order valence-corrected chi connectivity index (χ4v) is 0. The molecule has 0 aromatic heterocycles. The monoisotopic (exact) mass is 145 g/mol. The standard InChI is InChI=1S/C2H5F2NO2S/c1-2(3,4)8(5,6)7/h1H3,(H2,5,6,7). The van der Waals surface area contributed by atoms with Crippen LogP contribution in [0.3, 0.4) is 0 Å². The summed E-state index contributed by atoms with van der Waals surface area (Å²) in [6.45, 7) is 0.225. The van der Waals surface area contributed by atoms with E-state index >= 15 is 0 Å². The summed E-state index contributed by atoms with van der Waals surface area (Å²) in [5, 5.41) is 0.222. The average molecular weight is 145 g/mol. The van der Waals surface area contributed by atoms with Gasteiger partial charge in [0.05, 0.1) is 0 Å². The quantitative estimate of drug-likeness (QED) is 0.559. The number of hydrogen-bond acceptors (Lipinski definition) is 2. The lowest BCUT2D eigenvalue weighted by Crippen LogP contribution is -2.31. The second kappa shape index (κ2) is 1.63. The average Bonchev–Trinajstić information content (AvgIpc) is 1.25. The van der Waals surface area contributed by atoms with Crippen LogP contribution in [0, 0.1) is 0 Å². The fraction of sp³-hybridized carbons (Fsp3) is 1.00. The maximum Gasteiger partial charge on any atom is 0.356 e. The summed E-state index contributed by atoms with van der Waals surface area (Å²) in [5.41, 5.74) is 0. The minimum Gasteiger partial charge on any atom is -0.224 e. The number of halogens is 2. The lowest BCUT2D eigenvalue weighted by Gasteiger charge is -2.04. The van der Waals surface area contributed by atoms with E-state index in [2.05, 4.69) is 5.14 Å². The van der Waals surface area contributed by atoms with Gasteiger partial charge in [-0.25, -0.2) is 13.6 Å². The van der Waals surface area contributed by atoms with Gasteiger partial charge in [-0.2, -0.15) is 8.78 Å². The van der Waals surface area contributed by atoms with Gasteiger partial charge in [-0.05, 0) is 0 Å². The van der Waals surface area contributed by atoms with Gasteiger partial charge in [0.1, 0.15) is 0 Å². The van der Waals surface area contributed by atoms with E-state index in [0.717, 1.165) is 0 Å². The van der Waals surface area contributed by atoms with Crippen LogP contribution in [-0.4, -0.2) is 13.7 Å². The molecule has 0 aromatic carbocycles. The summed E-state index contributed by atoms with van der Waals surface area (Å²) in [4.78, 5) is 0. The van der Waals surface area contributed by atoms with Crippen LogP contribution in [0.4, 0.5) is 8.78 Å². The molecular formula is C2H5F2NO2S. The van der Waals surface area contributed by atoms with Crippen molar-refractivity contribution >= 4 is 10.0 Å². The molecule has 0 radical (unpaired) electrons. The van der Waals surface area contributed by atoms with E-state index in [1.54, 1.807) is 0 Å². The molecule has 0 rings (SSSR count). The van der Waals surface area contributed by atoms with Crippen LogP contribution < -0.4 is 5.14 Å². The van der Waals surface area contributed by atoms with Crippen LogP contribution in [0.2, 0.25) is 0 Å². The van der Waals surface area contributed by atoms with Gasteiger partial charge < -0.3 is 0 Å². The van der Waals surface area contributed by atoms with Crippen LogP contribution >= 0.6 is 0 Å². The van der Waals surface area contributed by atoms with Gasteiger partial charge in [0, 0.05) is 6.92 Å². The van der Waals surface area contributed by atoms with Crippen LogP contribution in [0.5, 0.6) is 0 Å². The number of sulfonamides is 1. The second-order valence-corrected chi connectivity index (χ2v) is 3.16. The minimum atomic E-state index is -4.67. The molecule has 0 aliphatic rings. The van der Waals surface area contributed by atoms with Crippen LogP contribution in [0.1, 0.15) is 6.92 Å². The highest BCUT2D eigenvalue weighted by atomic mass is 32.2. The SMILES string of the molecule is CC(F)(F)S(N)(=O)=O. The normalized spacial score (nSPS) is 14.0. The highest BCUT2D eigenvalue weighted by Crippen LogP contribution is 2.15. The Hall–Kier alpha value is -0.230. The smallest absolute Gasteiger partial charge is 0.224 e. The van der Waals surface area contributed by atoms with Crippen molar-refractivity contribution in [3.63, 3.8) is 0 Å². The highest BCUT2D eigenvalue weighted by Gasteiger charge is 2.35. The van der Waals surface area contributed by atoms with E-state index in [-0.39, 0.29) is 6.92 Å². The Bertz CT molecular complexity index is 167. The number of alkyl halides is 2. The number of rotatable bonds is 1. The lowest BCUT2D eigenvalue weighted by atomic mass is 10.9. The molecule has 3 nitrogen and oxygen atoms in total. The lowest BCUT2D eigenvalue weighted by molar-refractivity contribution is 0.114. The Morgan fingerprint density at radius 2 is 1.62 bits per heavy atom. The van der Waals surface area contributed by atoms with E-state index in [1.807, 2.05) is 0 Å². The zero-order valence-corrected chi connectivity index (χ0v) is 4.87. The van der Waals surface area contributed by atoms with Crippen LogP contribution in [-0.2, 0) is 10.0 Å². The Balaban J connectivity index is 4.53. The molecule has 0 amide bonds. The van der Waals surface area contributed by atoms with Crippen molar-refractivity contribution in [1.29, 1.82) is 0 Å². The molecule has 0 atom stereocenters. The van der Waals surface area contributed by atoms with Gasteiger partial charge >= 0.3 is 5.25 Å². The fourth-order valence-electron chi connectivity index (χ4n) is 0. The van der Waals surface area contributed by atoms with E-state index in [0.29, 0.717) is 0 Å². The molecule has 0 heterocycles. The van der Waals surface area contributed by atoms with Crippen molar-refractivity contribution in [1.82, 2.24) is 0 Å². The molecule has 0 fully saturated rings. The van der Waals surface area contributed by atoms with Crippen molar-refractivity contribution in [2.24, 2.45) is 5.14 Å². The molecule has 0 bridgehead atoms. The zero-order valence-electron chi connectivity index (χ0n) is 4.06. The third-order valence-corrected chi connectivity index (χ3v) is 1.50. The summed E-state index contributed by atoms with van der Waals surface area (Å²) >= 11 is 0. The number of hydrogen-bond donors (Lipinski definition) is 1. The van der Waals surface area contributed by atoms with Crippen molar-refractivity contribution in [3.05, 3.63) is 0 Å². The molecule has 6 heteroatoms. The van der Waals surface area contributed by atoms with Crippen LogP contribution in [0.25, 0.3) is 0 Å². The topological polar surface area (TPSA) is 60.2 Å². The molecule has 8 heavy (non-hydrogen) atoms. The maximum atomic E-state index is 11.5. The predicted octanol–water partition coefficient (Wildman–Crippen LogP) is -0.112. The van der Waals surface area contributed by atoms with Gasteiger partial charge in [0.15, 0.2) is 0 Å². The van der Waals surface area contributed by atoms with Crippen molar-refractivity contribution in [2.45, 2.75) is 12.2 Å². The van der Waals surface area contributed by atoms with Crippen molar-refractivity contribution < 1.29 is 17.2 Å². The molecule has 0 spiro atoms. The molecule has 0 aliphatic carbocycles. The van der Waals surface area contributed by atoms with Crippen molar-refractivity contribution in [2.75, 3.05) is 0 Å². The second-order valence-electron chi connectivity index (χ2n) is 1.35. The van der Waals surface area contributed by atoms with Crippen molar-refractivity contribution in [3.8, 4) is 0 Å². The number of primary sulfonamides is 1. The summed E-state index contributed by atoms with van der Waals surface area (Å²) < 4.78 is 42.4. The molecule has 0 aliphatic heterocycles. The Morgan fingerprint density at radius 1 is 1.50 bits per heavy atom. The third kappa shape index (κ3) is 1.71. The third-order valence-electron chi connectivity index (χ3n) is 0.500. The first-order valence-electron chi connectivity index (χ1n) is 1.65. The van der Waals surface area contributed by atoms with Gasteiger partial charge in [0.25, 0.3) is 10.0 Å². The molecule has 0 saturated heterocycles. The molecule has 2 N–H and O–H groups in total. The van der Waals surface area contributed by atoms with E-state index in [4.69, 9.17) is 0 Å². The summed E-state index contributed by atoms with van der Waals surface area (Å²) in [5.74, 6) is 0. The highest BCUT2D eigenvalue weighted by molar-refractivity contribution is 7.90. The molecule has 0 aromatic rings. The van der Waals surface area contributed by atoms with E-state index < -0.39 is 15.3 Å². The summed E-state index contributed by atoms with van der Waals surface area (Å²) in [6, 6.07) is 0. The predicted molar refractivity (Wildman–Crippen MR) is 23.7 cm³/mol. The number of nitrogens with two attached hydrogens (primary N) is 1.